The Balaban J connectivity index is 1.64. The summed E-state index contributed by atoms with van der Waals surface area (Å²) in [7, 11) is 0. The molecule has 2 aromatic carbocycles. The Morgan fingerprint density at radius 2 is 2.00 bits per heavy atom. The summed E-state index contributed by atoms with van der Waals surface area (Å²) in [4.78, 5) is 16.1. The molecule has 0 amide bonds. The van der Waals surface area contributed by atoms with Gasteiger partial charge in [0.25, 0.3) is 0 Å². The Labute approximate surface area is 182 Å². The summed E-state index contributed by atoms with van der Waals surface area (Å²) in [5, 5.41) is 5.76. The molecule has 0 bridgehead atoms. The number of nitrogens with zero attached hydrogens (tertiary/aromatic N) is 3. The number of esters is 1. The highest BCUT2D eigenvalue weighted by atomic mass is 79.9. The van der Waals surface area contributed by atoms with E-state index in [1.165, 1.54) is 0 Å². The summed E-state index contributed by atoms with van der Waals surface area (Å²) in [5.41, 5.74) is 3.41. The van der Waals surface area contributed by atoms with Gasteiger partial charge in [-0.25, -0.2) is 4.68 Å². The Morgan fingerprint density at radius 1 is 1.13 bits per heavy atom. The maximum absolute atomic E-state index is 11.9. The second kappa shape index (κ2) is 9.09. The molecule has 0 aliphatic heterocycles. The minimum Gasteiger partial charge on any atom is -0.487 e. The van der Waals surface area contributed by atoms with Crippen LogP contribution in [0, 0.1) is 0 Å². The number of aromatic nitrogens is 3. The summed E-state index contributed by atoms with van der Waals surface area (Å²) in [6, 6.07) is 17.3. The fourth-order valence-electron chi connectivity index (χ4n) is 3.24. The van der Waals surface area contributed by atoms with Gasteiger partial charge in [0.05, 0.1) is 30.4 Å². The van der Waals surface area contributed by atoms with Gasteiger partial charge >= 0.3 is 5.97 Å². The molecule has 0 unspecified atom stereocenters. The molecule has 0 radical (unpaired) electrons. The highest BCUT2D eigenvalue weighted by molar-refractivity contribution is 9.10. The average molecular weight is 466 g/mol. The predicted molar refractivity (Wildman–Crippen MR) is 118 cm³/mol. The smallest absolute Gasteiger partial charge is 0.310 e. The Kier molecular flexibility index (Phi) is 6.09. The summed E-state index contributed by atoms with van der Waals surface area (Å²) in [5.74, 6) is 0.369. The number of rotatable bonds is 7. The molecule has 2 aromatic heterocycles. The number of carbonyl (C=O) groups excluding carboxylic acids is 1. The van der Waals surface area contributed by atoms with Crippen LogP contribution in [0.3, 0.4) is 0 Å². The Bertz CT molecular complexity index is 1180. The first-order valence-corrected chi connectivity index (χ1v) is 10.4. The first-order valence-electron chi connectivity index (χ1n) is 9.59. The van der Waals surface area contributed by atoms with Crippen molar-refractivity contribution in [3.05, 3.63) is 82.7 Å². The molecule has 0 fully saturated rings. The fourth-order valence-corrected chi connectivity index (χ4v) is 3.60. The third kappa shape index (κ3) is 4.36. The van der Waals surface area contributed by atoms with Crippen LogP contribution < -0.4 is 4.74 Å². The predicted octanol–water partition coefficient (Wildman–Crippen LogP) is 4.87. The first kappa shape index (κ1) is 20.1. The summed E-state index contributed by atoms with van der Waals surface area (Å²) in [6.45, 7) is 2.41. The van der Waals surface area contributed by atoms with Crippen LogP contribution in [0.25, 0.3) is 16.6 Å². The number of halogens is 1. The number of benzene rings is 2. The van der Waals surface area contributed by atoms with Gasteiger partial charge in [-0.2, -0.15) is 5.10 Å². The largest absolute Gasteiger partial charge is 0.487 e. The quantitative estimate of drug-likeness (QED) is 0.364. The van der Waals surface area contributed by atoms with Crippen LogP contribution >= 0.6 is 15.9 Å². The van der Waals surface area contributed by atoms with E-state index in [4.69, 9.17) is 14.6 Å². The number of pyridine rings is 1. The number of carbonyl (C=O) groups is 1. The van der Waals surface area contributed by atoms with Crippen molar-refractivity contribution in [2.75, 3.05) is 6.61 Å². The summed E-state index contributed by atoms with van der Waals surface area (Å²) < 4.78 is 14.0. The van der Waals surface area contributed by atoms with Gasteiger partial charge in [-0.05, 0) is 43.3 Å². The molecular weight excluding hydrogens is 446 g/mol. The van der Waals surface area contributed by atoms with Gasteiger partial charge in [-0.3, -0.25) is 9.78 Å². The van der Waals surface area contributed by atoms with Crippen molar-refractivity contribution in [1.82, 2.24) is 14.8 Å². The molecule has 0 aliphatic rings. The van der Waals surface area contributed by atoms with Crippen LogP contribution in [0.4, 0.5) is 0 Å². The molecule has 152 valence electrons. The lowest BCUT2D eigenvalue weighted by atomic mass is 10.1. The fraction of sp³-hybridized carbons (Fsp3) is 0.174. The van der Waals surface area contributed by atoms with Crippen LogP contribution in [0.1, 0.15) is 18.2 Å². The van der Waals surface area contributed by atoms with E-state index >= 15 is 0 Å². The van der Waals surface area contributed by atoms with Crippen LogP contribution in [-0.4, -0.2) is 27.3 Å². The minimum absolute atomic E-state index is 0.167. The van der Waals surface area contributed by atoms with E-state index in [1.54, 1.807) is 19.3 Å². The van der Waals surface area contributed by atoms with E-state index < -0.39 is 0 Å². The van der Waals surface area contributed by atoms with Crippen molar-refractivity contribution in [3.8, 4) is 11.4 Å². The molecule has 0 N–H and O–H groups in total. The molecule has 6 nitrogen and oxygen atoms in total. The average Bonchev–Trinajstić information content (AvgIpc) is 3.11. The number of ether oxygens (including phenoxy) is 2. The van der Waals surface area contributed by atoms with Gasteiger partial charge in [0.15, 0.2) is 0 Å². The molecule has 0 aliphatic carbocycles. The number of hydrogen-bond acceptors (Lipinski definition) is 5. The lowest BCUT2D eigenvalue weighted by molar-refractivity contribution is -0.142. The number of fused-ring (bicyclic) bond motifs is 1. The van der Waals surface area contributed by atoms with Gasteiger partial charge in [0, 0.05) is 21.6 Å². The van der Waals surface area contributed by atoms with Crippen molar-refractivity contribution < 1.29 is 14.3 Å². The zero-order chi connectivity index (χ0) is 20.9. The third-order valence-electron chi connectivity index (χ3n) is 4.59. The van der Waals surface area contributed by atoms with Crippen molar-refractivity contribution >= 4 is 32.8 Å². The molecule has 0 saturated carbocycles. The van der Waals surface area contributed by atoms with Crippen molar-refractivity contribution in [2.45, 2.75) is 20.0 Å². The minimum atomic E-state index is -0.274. The van der Waals surface area contributed by atoms with Gasteiger partial charge in [-0.15, -0.1) is 0 Å². The molecule has 2 heterocycles. The Hall–Kier alpha value is -3.19. The highest BCUT2D eigenvalue weighted by Gasteiger charge is 2.15. The maximum atomic E-state index is 11.9. The van der Waals surface area contributed by atoms with Crippen LogP contribution in [0.2, 0.25) is 0 Å². The second-order valence-electron chi connectivity index (χ2n) is 6.61. The molecule has 4 rings (SSSR count). The van der Waals surface area contributed by atoms with Gasteiger partial charge < -0.3 is 9.47 Å². The maximum Gasteiger partial charge on any atom is 0.310 e. The third-order valence-corrected chi connectivity index (χ3v) is 5.08. The van der Waals surface area contributed by atoms with Crippen LogP contribution in [0.15, 0.2) is 71.5 Å². The normalized spacial score (nSPS) is 10.9. The lowest BCUT2D eigenvalue weighted by Gasteiger charge is -2.10. The van der Waals surface area contributed by atoms with Gasteiger partial charge in [-0.1, -0.05) is 34.1 Å². The molecule has 4 aromatic rings. The molecule has 0 spiro atoms. The summed E-state index contributed by atoms with van der Waals surface area (Å²) >= 11 is 3.54. The van der Waals surface area contributed by atoms with E-state index in [2.05, 4.69) is 20.9 Å². The standard InChI is InChI=1S/C23H20BrN3O3/c1-2-29-23(28)12-16-6-3-4-8-22(16)30-15-20-19-13-17(24)9-10-21(19)27(26-20)18-7-5-11-25-14-18/h3-11,13-14H,2,12,15H2,1H3. The Morgan fingerprint density at radius 3 is 2.80 bits per heavy atom. The van der Waals surface area contributed by atoms with Gasteiger partial charge in [0.2, 0.25) is 0 Å². The topological polar surface area (TPSA) is 66.2 Å². The van der Waals surface area contributed by atoms with Gasteiger partial charge in [0.1, 0.15) is 18.1 Å². The SMILES string of the molecule is CCOC(=O)Cc1ccccc1OCc1nn(-c2cccnc2)c2ccc(Br)cc12. The zero-order valence-corrected chi connectivity index (χ0v) is 18.0. The molecular formula is C23H20BrN3O3. The molecule has 0 atom stereocenters. The van der Waals surface area contributed by atoms with Crippen LogP contribution in [0.5, 0.6) is 5.75 Å². The van der Waals surface area contributed by atoms with Crippen molar-refractivity contribution in [3.63, 3.8) is 0 Å². The van der Waals surface area contributed by atoms with E-state index in [-0.39, 0.29) is 19.0 Å². The zero-order valence-electron chi connectivity index (χ0n) is 16.4. The van der Waals surface area contributed by atoms with E-state index in [1.807, 2.05) is 59.3 Å². The highest BCUT2D eigenvalue weighted by Crippen LogP contribution is 2.27. The lowest BCUT2D eigenvalue weighted by Crippen LogP contribution is -2.09. The monoisotopic (exact) mass is 465 g/mol. The van der Waals surface area contributed by atoms with E-state index in [0.717, 1.165) is 32.3 Å². The second-order valence-corrected chi connectivity index (χ2v) is 7.53. The van der Waals surface area contributed by atoms with Crippen molar-refractivity contribution in [2.24, 2.45) is 0 Å². The summed E-state index contributed by atoms with van der Waals surface area (Å²) in [6.07, 6.45) is 3.67. The van der Waals surface area contributed by atoms with Crippen molar-refractivity contribution in [1.29, 1.82) is 0 Å². The van der Waals surface area contributed by atoms with E-state index in [9.17, 15) is 4.79 Å². The first-order chi connectivity index (χ1) is 14.7. The van der Waals surface area contributed by atoms with Crippen LogP contribution in [-0.2, 0) is 22.6 Å². The number of hydrogen-bond donors (Lipinski definition) is 0. The molecule has 30 heavy (non-hydrogen) atoms. The van der Waals surface area contributed by atoms with E-state index in [0.29, 0.717) is 12.4 Å². The number of para-hydroxylation sites is 1. The molecule has 7 heteroatoms. The molecule has 0 saturated heterocycles.